The molecule has 0 aromatic heterocycles. The first-order chi connectivity index (χ1) is 3.56. The molecule has 58 valence electrons. The van der Waals surface area contributed by atoms with E-state index in [2.05, 4.69) is 9.22 Å². The summed E-state index contributed by atoms with van der Waals surface area (Å²) in [5.41, 5.74) is 0. The first kappa shape index (κ1) is 23.0. The maximum atomic E-state index is 9.49. The van der Waals surface area contributed by atoms with Gasteiger partial charge in [-0.1, -0.05) is 0 Å². The summed E-state index contributed by atoms with van der Waals surface area (Å²) in [5.74, 6) is 0. The van der Waals surface area contributed by atoms with Crippen molar-refractivity contribution in [1.29, 1.82) is 0 Å². The average molecular weight is 204 g/mol. The molecule has 0 spiro atoms. The predicted molar refractivity (Wildman–Crippen MR) is 24.3 cm³/mol. The fraction of sp³-hybridized carbons (Fsp3) is 1.00. The van der Waals surface area contributed by atoms with Crippen LogP contribution in [-0.4, -0.2) is 25.1 Å². The fourth-order valence-corrected chi connectivity index (χ4v) is 0.321. The molecule has 0 saturated carbocycles. The summed E-state index contributed by atoms with van der Waals surface area (Å²) in [5, 5.41) is 0. The molecule has 11 heavy (non-hydrogen) atoms. The van der Waals surface area contributed by atoms with Crippen LogP contribution in [0, 0.1) is 0 Å². The summed E-state index contributed by atoms with van der Waals surface area (Å²) in [4.78, 5) is 3.80. The Bertz CT molecular complexity index is 143. The molecular weight excluding hydrogens is 198 g/mol. The Labute approximate surface area is 109 Å². The SMILES string of the molecule is CCOOS(=O)(=O)[O-].[Na+].[Na+].[OH-]. The quantitative estimate of drug-likeness (QED) is 0.149. The van der Waals surface area contributed by atoms with Gasteiger partial charge in [0.25, 0.3) is 0 Å². The monoisotopic (exact) mass is 204 g/mol. The van der Waals surface area contributed by atoms with Gasteiger partial charge in [0.1, 0.15) is 0 Å². The van der Waals surface area contributed by atoms with Crippen LogP contribution in [0.25, 0.3) is 0 Å². The summed E-state index contributed by atoms with van der Waals surface area (Å²) >= 11 is 0. The summed E-state index contributed by atoms with van der Waals surface area (Å²) in [6.07, 6.45) is 0. The van der Waals surface area contributed by atoms with Crippen LogP contribution in [0.1, 0.15) is 6.92 Å². The molecule has 0 aliphatic heterocycles. The molecule has 9 heteroatoms. The van der Waals surface area contributed by atoms with Crippen molar-refractivity contribution in [3.8, 4) is 0 Å². The Balaban J connectivity index is -0.0000000817. The van der Waals surface area contributed by atoms with E-state index in [0.29, 0.717) is 0 Å². The van der Waals surface area contributed by atoms with E-state index in [1.807, 2.05) is 0 Å². The Morgan fingerprint density at radius 1 is 1.36 bits per heavy atom. The van der Waals surface area contributed by atoms with Crippen LogP contribution >= 0.6 is 0 Å². The van der Waals surface area contributed by atoms with E-state index in [9.17, 15) is 13.0 Å². The van der Waals surface area contributed by atoms with E-state index in [-0.39, 0.29) is 71.2 Å². The summed E-state index contributed by atoms with van der Waals surface area (Å²) < 4.78 is 31.8. The minimum absolute atomic E-state index is 0. The molecule has 6 nitrogen and oxygen atoms in total. The van der Waals surface area contributed by atoms with Crippen LogP contribution < -0.4 is 59.1 Å². The van der Waals surface area contributed by atoms with E-state index < -0.39 is 10.4 Å². The molecule has 0 aliphatic carbocycles. The molecule has 0 aromatic rings. The van der Waals surface area contributed by atoms with E-state index in [1.165, 1.54) is 6.92 Å². The average Bonchev–Trinajstić information content (AvgIpc) is 1.59. The zero-order chi connectivity index (χ0) is 6.62. The zero-order valence-electron chi connectivity index (χ0n) is 6.60. The van der Waals surface area contributed by atoms with Gasteiger partial charge in [0, 0.05) is 0 Å². The van der Waals surface area contributed by atoms with E-state index in [4.69, 9.17) is 0 Å². The third-order valence-corrected chi connectivity index (χ3v) is 0.512. The van der Waals surface area contributed by atoms with Crippen molar-refractivity contribution >= 4 is 10.4 Å². The molecule has 0 fully saturated rings. The normalized spacial score (nSPS) is 8.55. The molecule has 0 amide bonds. The fourth-order valence-electron chi connectivity index (χ4n) is 0.107. The minimum Gasteiger partial charge on any atom is -0.870 e. The Hall–Kier alpha value is 1.79. The topological polar surface area (TPSA) is 106 Å². The van der Waals surface area contributed by atoms with E-state index in [0.717, 1.165) is 0 Å². The summed E-state index contributed by atoms with van der Waals surface area (Å²) in [6, 6.07) is 0. The van der Waals surface area contributed by atoms with Crippen LogP contribution in [0.5, 0.6) is 0 Å². The Morgan fingerprint density at radius 3 is 1.82 bits per heavy atom. The molecule has 0 atom stereocenters. The second-order valence-electron chi connectivity index (χ2n) is 0.883. The third-order valence-electron chi connectivity index (χ3n) is 0.249. The van der Waals surface area contributed by atoms with Crippen molar-refractivity contribution in [3.05, 3.63) is 0 Å². The molecule has 0 radical (unpaired) electrons. The van der Waals surface area contributed by atoms with Crippen LogP contribution in [-0.2, 0) is 19.6 Å². The molecule has 0 rings (SSSR count). The van der Waals surface area contributed by atoms with Crippen molar-refractivity contribution in [2.45, 2.75) is 6.92 Å². The Morgan fingerprint density at radius 2 is 1.73 bits per heavy atom. The predicted octanol–water partition coefficient (Wildman–Crippen LogP) is -6.75. The van der Waals surface area contributed by atoms with Crippen LogP contribution in [0.2, 0.25) is 0 Å². The van der Waals surface area contributed by atoms with Gasteiger partial charge in [-0.3, -0.25) is 0 Å². The molecule has 1 N–H and O–H groups in total. The van der Waals surface area contributed by atoms with E-state index in [1.54, 1.807) is 0 Å². The van der Waals surface area contributed by atoms with Crippen molar-refractivity contribution in [2.24, 2.45) is 0 Å². The Kier molecular flexibility index (Phi) is 24.7. The van der Waals surface area contributed by atoms with Gasteiger partial charge in [-0.05, 0) is 6.92 Å². The van der Waals surface area contributed by atoms with Gasteiger partial charge in [0.05, 0.1) is 6.61 Å². The molecular formula is C2H6Na2O6S. The number of hydrogen-bond donors (Lipinski definition) is 0. The largest absolute Gasteiger partial charge is 1.00 e. The second-order valence-corrected chi connectivity index (χ2v) is 1.84. The second kappa shape index (κ2) is 11.8. The summed E-state index contributed by atoms with van der Waals surface area (Å²) in [6.45, 7) is 1.52. The zero-order valence-corrected chi connectivity index (χ0v) is 11.4. The van der Waals surface area contributed by atoms with E-state index >= 15 is 0 Å². The van der Waals surface area contributed by atoms with Gasteiger partial charge in [-0.25, -0.2) is 13.3 Å². The van der Waals surface area contributed by atoms with Crippen LogP contribution in [0.15, 0.2) is 0 Å². The van der Waals surface area contributed by atoms with Gasteiger partial charge < -0.3 is 10.0 Å². The molecule has 0 saturated heterocycles. The maximum absolute atomic E-state index is 9.49. The van der Waals surface area contributed by atoms with Gasteiger partial charge in [0.15, 0.2) is 0 Å². The van der Waals surface area contributed by atoms with Crippen LogP contribution in [0.4, 0.5) is 0 Å². The van der Waals surface area contributed by atoms with Gasteiger partial charge >= 0.3 is 59.1 Å². The molecule has 0 bridgehead atoms. The minimum atomic E-state index is -4.66. The van der Waals surface area contributed by atoms with Gasteiger partial charge in [-0.2, -0.15) is 0 Å². The smallest absolute Gasteiger partial charge is 0.870 e. The first-order valence-corrected chi connectivity index (χ1v) is 3.16. The molecule has 0 heterocycles. The first-order valence-electron chi connectivity index (χ1n) is 1.83. The van der Waals surface area contributed by atoms with Crippen molar-refractivity contribution in [1.82, 2.24) is 0 Å². The number of rotatable bonds is 3. The third kappa shape index (κ3) is 24.5. The van der Waals surface area contributed by atoms with Gasteiger partial charge in [-0.15, -0.1) is 4.33 Å². The standard InChI is InChI=1S/C2H6O5S.2Na.H2O/c1-2-6-7-8(3,4)5;;;/h2H2,1H3,(H,3,4,5);;;1H2/q;2*+1;/p-2. The van der Waals surface area contributed by atoms with Crippen LogP contribution in [0.3, 0.4) is 0 Å². The van der Waals surface area contributed by atoms with Crippen molar-refractivity contribution < 1.29 is 86.8 Å². The van der Waals surface area contributed by atoms with Crippen molar-refractivity contribution in [2.75, 3.05) is 6.61 Å². The molecule has 0 aliphatic rings. The number of hydrogen-bond acceptors (Lipinski definition) is 6. The van der Waals surface area contributed by atoms with Gasteiger partial charge in [0.2, 0.25) is 10.4 Å². The molecule has 0 unspecified atom stereocenters. The molecule has 0 aromatic carbocycles. The summed E-state index contributed by atoms with van der Waals surface area (Å²) in [7, 11) is -4.66. The maximum Gasteiger partial charge on any atom is 1.00 e. The van der Waals surface area contributed by atoms with Crippen molar-refractivity contribution in [3.63, 3.8) is 0 Å².